The van der Waals surface area contributed by atoms with E-state index in [1.807, 2.05) is 42.0 Å². The molecular formula is C16H19N5O2S2. The largest absolute Gasteiger partial charge is 0.344 e. The Hall–Kier alpha value is -2.13. The highest BCUT2D eigenvalue weighted by Crippen LogP contribution is 2.18. The molecule has 25 heavy (non-hydrogen) atoms. The lowest BCUT2D eigenvalue weighted by Gasteiger charge is -2.17. The summed E-state index contributed by atoms with van der Waals surface area (Å²) in [5.41, 5.74) is 1.53. The number of pyridine rings is 1. The molecule has 0 bridgehead atoms. The first kappa shape index (κ1) is 17.7. The molecule has 3 aromatic heterocycles. The number of aromatic nitrogens is 4. The summed E-state index contributed by atoms with van der Waals surface area (Å²) in [5.74, 6) is 1.37. The van der Waals surface area contributed by atoms with Crippen molar-refractivity contribution in [3.05, 3.63) is 51.0 Å². The van der Waals surface area contributed by atoms with Crippen LogP contribution in [-0.2, 0) is 11.3 Å². The molecule has 1 N–H and O–H groups in total. The summed E-state index contributed by atoms with van der Waals surface area (Å²) in [5, 5.41) is 13.2. The molecule has 1 unspecified atom stereocenters. The van der Waals surface area contributed by atoms with Crippen molar-refractivity contribution in [1.29, 1.82) is 0 Å². The van der Waals surface area contributed by atoms with Gasteiger partial charge in [-0.05, 0) is 37.5 Å². The highest BCUT2D eigenvalue weighted by atomic mass is 32.2. The quantitative estimate of drug-likeness (QED) is 0.680. The number of nitrogens with one attached hydrogen (secondary N) is 1. The van der Waals surface area contributed by atoms with Gasteiger partial charge in [0.1, 0.15) is 6.54 Å². The number of nitrogens with zero attached hydrogens (tertiary/aromatic N) is 4. The molecular weight excluding hydrogens is 358 g/mol. The molecule has 0 aliphatic carbocycles. The first-order chi connectivity index (χ1) is 12.1. The molecule has 0 fully saturated rings. The van der Waals surface area contributed by atoms with Crippen molar-refractivity contribution in [2.75, 3.05) is 12.0 Å². The van der Waals surface area contributed by atoms with Crippen LogP contribution < -0.4 is 10.2 Å². The Morgan fingerprint density at radius 2 is 2.24 bits per heavy atom. The fourth-order valence-corrected chi connectivity index (χ4v) is 3.78. The van der Waals surface area contributed by atoms with Crippen LogP contribution in [0.2, 0.25) is 0 Å². The average Bonchev–Trinajstić information content (AvgIpc) is 3.17. The van der Waals surface area contributed by atoms with E-state index in [0.29, 0.717) is 5.82 Å². The van der Waals surface area contributed by atoms with Crippen LogP contribution in [0.4, 0.5) is 0 Å². The van der Waals surface area contributed by atoms with Crippen LogP contribution >= 0.6 is 23.1 Å². The summed E-state index contributed by atoms with van der Waals surface area (Å²) in [6, 6.07) is 5.42. The summed E-state index contributed by atoms with van der Waals surface area (Å²) in [6.07, 6.45) is 4.64. The van der Waals surface area contributed by atoms with Gasteiger partial charge in [-0.3, -0.25) is 18.6 Å². The zero-order chi connectivity index (χ0) is 17.8. The lowest BCUT2D eigenvalue weighted by molar-refractivity contribution is -0.122. The van der Waals surface area contributed by atoms with Gasteiger partial charge in [-0.25, -0.2) is 0 Å². The average molecular weight is 377 g/mol. The van der Waals surface area contributed by atoms with Crippen molar-refractivity contribution < 1.29 is 4.79 Å². The van der Waals surface area contributed by atoms with Gasteiger partial charge in [0.05, 0.1) is 6.04 Å². The normalized spacial score (nSPS) is 12.4. The van der Waals surface area contributed by atoms with Crippen LogP contribution in [-0.4, -0.2) is 37.1 Å². The first-order valence-corrected chi connectivity index (χ1v) is 10.1. The van der Waals surface area contributed by atoms with Gasteiger partial charge in [-0.2, -0.15) is 11.8 Å². The van der Waals surface area contributed by atoms with E-state index in [0.717, 1.165) is 34.9 Å². The van der Waals surface area contributed by atoms with Crippen LogP contribution in [0.5, 0.6) is 0 Å². The number of hydrogen-bond donors (Lipinski definition) is 1. The van der Waals surface area contributed by atoms with E-state index in [-0.39, 0.29) is 23.4 Å². The van der Waals surface area contributed by atoms with Crippen molar-refractivity contribution in [2.24, 2.45) is 0 Å². The molecule has 3 rings (SSSR count). The fourth-order valence-electron chi connectivity index (χ4n) is 2.58. The van der Waals surface area contributed by atoms with Gasteiger partial charge in [0.25, 0.3) is 0 Å². The molecule has 0 aliphatic heterocycles. The lowest BCUT2D eigenvalue weighted by Crippen LogP contribution is -2.35. The molecule has 0 saturated heterocycles. The third-order valence-electron chi connectivity index (χ3n) is 3.88. The maximum atomic E-state index is 12.5. The van der Waals surface area contributed by atoms with Crippen molar-refractivity contribution >= 4 is 34.7 Å². The fraction of sp³-hybridized carbons (Fsp3) is 0.375. The standard InChI is InChI=1S/C16H19N5O2S2/c1-11-10-25-16(23)21(11)9-14(22)17-12(6-8-24-2)15-19-18-13-5-3-4-7-20(13)15/h3-5,7,10,12H,6,8-9H2,1-2H3,(H,17,22). The minimum Gasteiger partial charge on any atom is -0.344 e. The number of fused-ring (bicyclic) bond motifs is 1. The summed E-state index contributed by atoms with van der Waals surface area (Å²) in [4.78, 5) is 24.2. The number of carbonyl (C=O) groups is 1. The Kier molecular flexibility index (Phi) is 5.54. The maximum absolute atomic E-state index is 12.5. The molecule has 9 heteroatoms. The Labute approximate surface area is 153 Å². The monoisotopic (exact) mass is 377 g/mol. The minimum atomic E-state index is -0.257. The number of hydrogen-bond acceptors (Lipinski definition) is 6. The topological polar surface area (TPSA) is 81.3 Å². The van der Waals surface area contributed by atoms with Crippen LogP contribution in [0.15, 0.2) is 34.6 Å². The summed E-state index contributed by atoms with van der Waals surface area (Å²) >= 11 is 2.81. The van der Waals surface area contributed by atoms with E-state index in [1.165, 1.54) is 4.57 Å². The van der Waals surface area contributed by atoms with Gasteiger partial charge in [0.2, 0.25) is 5.91 Å². The highest BCUT2D eigenvalue weighted by molar-refractivity contribution is 7.98. The van der Waals surface area contributed by atoms with Crippen molar-refractivity contribution in [2.45, 2.75) is 25.9 Å². The second-order valence-corrected chi connectivity index (χ2v) is 7.42. The van der Waals surface area contributed by atoms with Crippen LogP contribution in [0.25, 0.3) is 5.65 Å². The number of amides is 1. The summed E-state index contributed by atoms with van der Waals surface area (Å²) in [7, 11) is 0. The highest BCUT2D eigenvalue weighted by Gasteiger charge is 2.20. The molecule has 0 spiro atoms. The Morgan fingerprint density at radius 1 is 1.40 bits per heavy atom. The predicted octanol–water partition coefficient (Wildman–Crippen LogP) is 1.87. The molecule has 0 radical (unpaired) electrons. The zero-order valence-electron chi connectivity index (χ0n) is 14.0. The van der Waals surface area contributed by atoms with E-state index in [1.54, 1.807) is 17.1 Å². The van der Waals surface area contributed by atoms with Gasteiger partial charge >= 0.3 is 4.87 Å². The van der Waals surface area contributed by atoms with E-state index in [9.17, 15) is 9.59 Å². The molecule has 7 nitrogen and oxygen atoms in total. The molecule has 0 aromatic carbocycles. The second-order valence-electron chi connectivity index (χ2n) is 5.62. The minimum absolute atomic E-state index is 0.0146. The number of rotatable bonds is 7. The lowest BCUT2D eigenvalue weighted by atomic mass is 10.2. The zero-order valence-corrected chi connectivity index (χ0v) is 15.6. The van der Waals surface area contributed by atoms with Gasteiger partial charge in [0, 0.05) is 17.3 Å². The Morgan fingerprint density at radius 3 is 2.96 bits per heavy atom. The number of thiazole rings is 1. The van der Waals surface area contributed by atoms with Crippen LogP contribution in [0, 0.1) is 6.92 Å². The van der Waals surface area contributed by atoms with Gasteiger partial charge in [-0.1, -0.05) is 17.4 Å². The van der Waals surface area contributed by atoms with Crippen molar-refractivity contribution in [3.63, 3.8) is 0 Å². The molecule has 132 valence electrons. The van der Waals surface area contributed by atoms with Gasteiger partial charge < -0.3 is 5.32 Å². The van der Waals surface area contributed by atoms with Crippen molar-refractivity contribution in [1.82, 2.24) is 24.5 Å². The number of aryl methyl sites for hydroxylation is 1. The molecule has 3 heterocycles. The molecule has 0 aliphatic rings. The first-order valence-electron chi connectivity index (χ1n) is 7.83. The number of thioether (sulfide) groups is 1. The number of carbonyl (C=O) groups excluding carboxylic acids is 1. The summed E-state index contributed by atoms with van der Waals surface area (Å²) in [6.45, 7) is 1.84. The summed E-state index contributed by atoms with van der Waals surface area (Å²) < 4.78 is 3.36. The Bertz CT molecular complexity index is 930. The van der Waals surface area contributed by atoms with Crippen LogP contribution in [0.3, 0.4) is 0 Å². The van der Waals surface area contributed by atoms with Gasteiger partial charge in [-0.15, -0.1) is 10.2 Å². The molecule has 1 atom stereocenters. The SMILES string of the molecule is CSCCC(NC(=O)Cn1c(C)csc1=O)c1nnc2ccccn12. The third kappa shape index (κ3) is 3.93. The van der Waals surface area contributed by atoms with E-state index < -0.39 is 0 Å². The van der Waals surface area contributed by atoms with Gasteiger partial charge in [0.15, 0.2) is 11.5 Å². The predicted molar refractivity (Wildman–Crippen MR) is 100 cm³/mol. The van der Waals surface area contributed by atoms with Crippen LogP contribution in [0.1, 0.15) is 24.0 Å². The van der Waals surface area contributed by atoms with E-state index in [4.69, 9.17) is 0 Å². The third-order valence-corrected chi connectivity index (χ3v) is 5.40. The Balaban J connectivity index is 1.81. The molecule has 0 saturated carbocycles. The molecule has 1 amide bonds. The second kappa shape index (κ2) is 7.83. The van der Waals surface area contributed by atoms with E-state index >= 15 is 0 Å². The van der Waals surface area contributed by atoms with E-state index in [2.05, 4.69) is 15.5 Å². The molecule has 3 aromatic rings. The maximum Gasteiger partial charge on any atom is 0.307 e. The van der Waals surface area contributed by atoms with Crippen molar-refractivity contribution in [3.8, 4) is 0 Å². The smallest absolute Gasteiger partial charge is 0.307 e.